The summed E-state index contributed by atoms with van der Waals surface area (Å²) in [5.74, 6) is 0. The molecular formula is C5H11NO2S. The molecule has 0 aromatic carbocycles. The SMILES string of the molecule is CC1NCC1S(C)(=O)=O. The van der Waals surface area contributed by atoms with Gasteiger partial charge >= 0.3 is 0 Å². The van der Waals surface area contributed by atoms with Crippen LogP contribution in [0.3, 0.4) is 0 Å². The van der Waals surface area contributed by atoms with E-state index in [-0.39, 0.29) is 11.3 Å². The van der Waals surface area contributed by atoms with Gasteiger partial charge in [0.1, 0.15) is 0 Å². The van der Waals surface area contributed by atoms with Gasteiger partial charge in [0.15, 0.2) is 9.84 Å². The number of hydrogen-bond acceptors (Lipinski definition) is 3. The van der Waals surface area contributed by atoms with Crippen molar-refractivity contribution in [3.63, 3.8) is 0 Å². The lowest BCUT2D eigenvalue weighted by atomic mass is 10.1. The predicted octanol–water partition coefficient (Wildman–Crippen LogP) is -0.609. The summed E-state index contributed by atoms with van der Waals surface area (Å²) in [4.78, 5) is 0. The van der Waals surface area contributed by atoms with E-state index in [4.69, 9.17) is 0 Å². The smallest absolute Gasteiger partial charge is 0.153 e. The first-order valence-corrected chi connectivity index (χ1v) is 4.89. The van der Waals surface area contributed by atoms with Gasteiger partial charge in [-0.15, -0.1) is 0 Å². The Morgan fingerprint density at radius 3 is 2.11 bits per heavy atom. The average molecular weight is 149 g/mol. The Kier molecular flexibility index (Phi) is 1.52. The first-order chi connectivity index (χ1) is 4.02. The van der Waals surface area contributed by atoms with E-state index in [1.807, 2.05) is 6.92 Å². The van der Waals surface area contributed by atoms with Crippen LogP contribution in [0.4, 0.5) is 0 Å². The molecule has 0 radical (unpaired) electrons. The zero-order chi connectivity index (χ0) is 7.07. The molecule has 0 bridgehead atoms. The van der Waals surface area contributed by atoms with Crippen LogP contribution in [0.25, 0.3) is 0 Å². The highest BCUT2D eigenvalue weighted by atomic mass is 32.2. The molecule has 1 aliphatic rings. The van der Waals surface area contributed by atoms with Crippen LogP contribution in [0.1, 0.15) is 6.92 Å². The standard InChI is InChI=1S/C5H11NO2S/c1-4-5(3-6-4)9(2,7)8/h4-6H,3H2,1-2H3. The summed E-state index contributed by atoms with van der Waals surface area (Å²) in [6.07, 6.45) is 1.29. The predicted molar refractivity (Wildman–Crippen MR) is 36.1 cm³/mol. The van der Waals surface area contributed by atoms with Crippen LogP contribution in [-0.4, -0.2) is 32.5 Å². The lowest BCUT2D eigenvalue weighted by molar-refractivity contribution is 0.394. The minimum Gasteiger partial charge on any atom is -0.312 e. The van der Waals surface area contributed by atoms with E-state index in [0.29, 0.717) is 6.54 Å². The van der Waals surface area contributed by atoms with Crippen molar-refractivity contribution >= 4 is 9.84 Å². The molecule has 1 N–H and O–H groups in total. The molecule has 3 nitrogen and oxygen atoms in total. The van der Waals surface area contributed by atoms with Crippen molar-refractivity contribution in [3.8, 4) is 0 Å². The summed E-state index contributed by atoms with van der Waals surface area (Å²) in [5.41, 5.74) is 0. The minimum atomic E-state index is -2.78. The number of nitrogens with one attached hydrogen (secondary N) is 1. The largest absolute Gasteiger partial charge is 0.312 e. The van der Waals surface area contributed by atoms with Crippen molar-refractivity contribution in [2.45, 2.75) is 18.2 Å². The third-order valence-corrected chi connectivity index (χ3v) is 3.42. The highest BCUT2D eigenvalue weighted by Crippen LogP contribution is 2.11. The minimum absolute atomic E-state index is 0.141. The Morgan fingerprint density at radius 2 is 2.11 bits per heavy atom. The van der Waals surface area contributed by atoms with Crippen LogP contribution in [0, 0.1) is 0 Å². The molecule has 1 saturated heterocycles. The van der Waals surface area contributed by atoms with Crippen LogP contribution < -0.4 is 5.32 Å². The van der Waals surface area contributed by atoms with Gasteiger partial charge in [-0.25, -0.2) is 8.42 Å². The average Bonchev–Trinajstić information content (AvgIpc) is 1.57. The molecule has 0 saturated carbocycles. The van der Waals surface area contributed by atoms with Gasteiger partial charge < -0.3 is 5.32 Å². The Morgan fingerprint density at radius 1 is 1.56 bits per heavy atom. The van der Waals surface area contributed by atoms with E-state index < -0.39 is 9.84 Å². The van der Waals surface area contributed by atoms with Gasteiger partial charge in [0.25, 0.3) is 0 Å². The van der Waals surface area contributed by atoms with E-state index in [2.05, 4.69) is 5.32 Å². The van der Waals surface area contributed by atoms with Gasteiger partial charge in [-0.2, -0.15) is 0 Å². The van der Waals surface area contributed by atoms with Gasteiger partial charge in [0.2, 0.25) is 0 Å². The molecule has 54 valence electrons. The zero-order valence-electron chi connectivity index (χ0n) is 5.59. The highest BCUT2D eigenvalue weighted by Gasteiger charge is 2.34. The summed E-state index contributed by atoms with van der Waals surface area (Å²) >= 11 is 0. The van der Waals surface area contributed by atoms with Crippen LogP contribution in [0.5, 0.6) is 0 Å². The van der Waals surface area contributed by atoms with Gasteiger partial charge in [-0.3, -0.25) is 0 Å². The quantitative estimate of drug-likeness (QED) is 0.541. The Hall–Kier alpha value is -0.0900. The maximum absolute atomic E-state index is 10.8. The van der Waals surface area contributed by atoms with Crippen LogP contribution in [0.15, 0.2) is 0 Å². The fraction of sp³-hybridized carbons (Fsp3) is 1.00. The highest BCUT2D eigenvalue weighted by molar-refractivity contribution is 7.91. The maximum atomic E-state index is 10.8. The van der Waals surface area contributed by atoms with Gasteiger partial charge in [0, 0.05) is 18.8 Å². The van der Waals surface area contributed by atoms with E-state index in [0.717, 1.165) is 0 Å². The second kappa shape index (κ2) is 1.95. The monoisotopic (exact) mass is 149 g/mol. The summed E-state index contributed by atoms with van der Waals surface area (Å²) < 4.78 is 21.6. The Balaban J connectivity index is 2.66. The first kappa shape index (κ1) is 7.02. The van der Waals surface area contributed by atoms with Crippen molar-refractivity contribution in [3.05, 3.63) is 0 Å². The summed E-state index contributed by atoms with van der Waals surface area (Å²) in [5, 5.41) is 2.84. The summed E-state index contributed by atoms with van der Waals surface area (Å²) in [6, 6.07) is 0.153. The number of sulfone groups is 1. The third kappa shape index (κ3) is 1.24. The van der Waals surface area contributed by atoms with Crippen molar-refractivity contribution in [2.75, 3.05) is 12.8 Å². The van der Waals surface area contributed by atoms with Crippen molar-refractivity contribution < 1.29 is 8.42 Å². The molecule has 2 unspecified atom stereocenters. The summed E-state index contributed by atoms with van der Waals surface area (Å²) in [7, 11) is -2.78. The molecule has 1 aliphatic heterocycles. The second-order valence-corrected chi connectivity index (χ2v) is 4.83. The fourth-order valence-corrected chi connectivity index (χ4v) is 2.21. The zero-order valence-corrected chi connectivity index (χ0v) is 6.40. The molecule has 0 aromatic rings. The maximum Gasteiger partial charge on any atom is 0.153 e. The third-order valence-electron chi connectivity index (χ3n) is 1.75. The molecule has 1 rings (SSSR count). The van der Waals surface area contributed by atoms with E-state index >= 15 is 0 Å². The van der Waals surface area contributed by atoms with Crippen LogP contribution in [-0.2, 0) is 9.84 Å². The molecule has 1 heterocycles. The van der Waals surface area contributed by atoms with Gasteiger partial charge in [-0.1, -0.05) is 0 Å². The van der Waals surface area contributed by atoms with E-state index in [9.17, 15) is 8.42 Å². The first-order valence-electron chi connectivity index (χ1n) is 2.94. The lowest BCUT2D eigenvalue weighted by Gasteiger charge is -2.33. The lowest BCUT2D eigenvalue weighted by Crippen LogP contribution is -2.58. The van der Waals surface area contributed by atoms with Crippen molar-refractivity contribution in [1.29, 1.82) is 0 Å². The molecular weight excluding hydrogens is 138 g/mol. The fourth-order valence-electron chi connectivity index (χ4n) is 0.972. The number of rotatable bonds is 1. The Bertz CT molecular complexity index is 197. The van der Waals surface area contributed by atoms with Crippen LogP contribution in [0.2, 0.25) is 0 Å². The molecule has 0 spiro atoms. The molecule has 9 heavy (non-hydrogen) atoms. The number of hydrogen-bond donors (Lipinski definition) is 1. The van der Waals surface area contributed by atoms with E-state index in [1.165, 1.54) is 6.26 Å². The van der Waals surface area contributed by atoms with Gasteiger partial charge in [0.05, 0.1) is 5.25 Å². The van der Waals surface area contributed by atoms with Crippen molar-refractivity contribution in [2.24, 2.45) is 0 Å². The Labute approximate surface area is 55.4 Å². The molecule has 0 aliphatic carbocycles. The molecule has 1 fully saturated rings. The normalized spacial score (nSPS) is 35.8. The summed E-state index contributed by atoms with van der Waals surface area (Å²) in [6.45, 7) is 2.51. The molecule has 4 heteroatoms. The second-order valence-electron chi connectivity index (χ2n) is 2.56. The van der Waals surface area contributed by atoms with Crippen LogP contribution >= 0.6 is 0 Å². The van der Waals surface area contributed by atoms with E-state index in [1.54, 1.807) is 0 Å². The molecule has 0 aromatic heterocycles. The van der Waals surface area contributed by atoms with Gasteiger partial charge in [-0.05, 0) is 6.92 Å². The topological polar surface area (TPSA) is 46.2 Å². The molecule has 2 atom stereocenters. The molecule has 0 amide bonds. The van der Waals surface area contributed by atoms with Crippen molar-refractivity contribution in [1.82, 2.24) is 5.32 Å².